The van der Waals surface area contributed by atoms with Crippen molar-refractivity contribution in [1.29, 1.82) is 0 Å². The molecule has 28 heavy (non-hydrogen) atoms. The molecule has 0 radical (unpaired) electrons. The van der Waals surface area contributed by atoms with E-state index in [1.165, 1.54) is 12.1 Å². The van der Waals surface area contributed by atoms with Crippen molar-refractivity contribution < 1.29 is 13.3 Å². The SMILES string of the molecule is O=[N+]([O-])c1ccc(S(=O)(=O)Nc2ccc(-c3cn4cccnc4n3)cc2)cc1. The van der Waals surface area contributed by atoms with Gasteiger partial charge in [-0.1, -0.05) is 12.1 Å². The molecular weight excluding hydrogens is 382 g/mol. The number of imidazole rings is 1. The van der Waals surface area contributed by atoms with Crippen molar-refractivity contribution in [2.45, 2.75) is 4.90 Å². The molecule has 0 saturated carbocycles. The van der Waals surface area contributed by atoms with Gasteiger partial charge in [0.1, 0.15) is 0 Å². The molecule has 4 aromatic rings. The van der Waals surface area contributed by atoms with Crippen LogP contribution >= 0.6 is 0 Å². The van der Waals surface area contributed by atoms with Gasteiger partial charge in [0.25, 0.3) is 15.7 Å². The van der Waals surface area contributed by atoms with Crippen LogP contribution in [0.2, 0.25) is 0 Å². The van der Waals surface area contributed by atoms with E-state index in [2.05, 4.69) is 14.7 Å². The Balaban J connectivity index is 1.55. The number of rotatable bonds is 5. The molecule has 140 valence electrons. The van der Waals surface area contributed by atoms with Gasteiger partial charge in [0, 0.05) is 42.0 Å². The summed E-state index contributed by atoms with van der Waals surface area (Å²) in [5.74, 6) is 0.570. The molecule has 0 unspecified atom stereocenters. The minimum Gasteiger partial charge on any atom is -0.291 e. The highest BCUT2D eigenvalue weighted by Gasteiger charge is 2.16. The van der Waals surface area contributed by atoms with Gasteiger partial charge in [-0.05, 0) is 30.3 Å². The van der Waals surface area contributed by atoms with Crippen molar-refractivity contribution in [3.05, 3.63) is 83.3 Å². The quantitative estimate of drug-likeness (QED) is 0.410. The van der Waals surface area contributed by atoms with Crippen molar-refractivity contribution in [1.82, 2.24) is 14.4 Å². The Morgan fingerprint density at radius 2 is 1.75 bits per heavy atom. The van der Waals surface area contributed by atoms with E-state index >= 15 is 0 Å². The molecule has 2 aromatic carbocycles. The zero-order chi connectivity index (χ0) is 19.7. The third kappa shape index (κ3) is 3.40. The molecule has 0 bridgehead atoms. The maximum absolute atomic E-state index is 12.5. The fraction of sp³-hybridized carbons (Fsp3) is 0. The van der Waals surface area contributed by atoms with E-state index in [-0.39, 0.29) is 10.6 Å². The summed E-state index contributed by atoms with van der Waals surface area (Å²) in [6, 6.07) is 13.2. The van der Waals surface area contributed by atoms with Gasteiger partial charge in [0.05, 0.1) is 15.5 Å². The van der Waals surface area contributed by atoms with Gasteiger partial charge in [0.15, 0.2) is 0 Å². The van der Waals surface area contributed by atoms with E-state index in [9.17, 15) is 18.5 Å². The van der Waals surface area contributed by atoms with E-state index in [0.717, 1.165) is 17.7 Å². The number of nitro groups is 1. The van der Waals surface area contributed by atoms with E-state index in [1.807, 2.05) is 12.4 Å². The van der Waals surface area contributed by atoms with Crippen molar-refractivity contribution in [2.24, 2.45) is 0 Å². The molecule has 0 saturated heterocycles. The smallest absolute Gasteiger partial charge is 0.269 e. The van der Waals surface area contributed by atoms with Crippen molar-refractivity contribution >= 4 is 27.2 Å². The molecule has 0 aliphatic rings. The Hall–Kier alpha value is -3.79. The molecule has 0 fully saturated rings. The summed E-state index contributed by atoms with van der Waals surface area (Å²) in [4.78, 5) is 18.6. The lowest BCUT2D eigenvalue weighted by Crippen LogP contribution is -2.12. The summed E-state index contributed by atoms with van der Waals surface area (Å²) < 4.78 is 29.1. The van der Waals surface area contributed by atoms with Gasteiger partial charge in [-0.25, -0.2) is 18.4 Å². The lowest BCUT2D eigenvalue weighted by atomic mass is 10.1. The van der Waals surface area contributed by atoms with Gasteiger partial charge >= 0.3 is 0 Å². The standard InChI is InChI=1S/C18H13N5O4S/c24-23(25)15-6-8-16(9-7-15)28(26,27)21-14-4-2-13(3-5-14)17-12-22-11-1-10-19-18(22)20-17/h1-12,21H. The highest BCUT2D eigenvalue weighted by Crippen LogP contribution is 2.23. The highest BCUT2D eigenvalue weighted by atomic mass is 32.2. The lowest BCUT2D eigenvalue weighted by molar-refractivity contribution is -0.384. The number of non-ortho nitro benzene ring substituents is 1. The zero-order valence-electron chi connectivity index (χ0n) is 14.3. The number of nitrogens with one attached hydrogen (secondary N) is 1. The molecule has 0 spiro atoms. The largest absolute Gasteiger partial charge is 0.291 e. The Morgan fingerprint density at radius 1 is 1.04 bits per heavy atom. The minimum atomic E-state index is -3.86. The first kappa shape index (κ1) is 17.6. The Kier molecular flexibility index (Phi) is 4.24. The number of benzene rings is 2. The van der Waals surface area contributed by atoms with Crippen molar-refractivity contribution in [3.8, 4) is 11.3 Å². The predicted molar refractivity (Wildman–Crippen MR) is 102 cm³/mol. The van der Waals surface area contributed by atoms with E-state index in [0.29, 0.717) is 17.2 Å². The zero-order valence-corrected chi connectivity index (χ0v) is 15.1. The second-order valence-electron chi connectivity index (χ2n) is 5.89. The first-order valence-corrected chi connectivity index (χ1v) is 9.58. The van der Waals surface area contributed by atoms with Crippen LogP contribution in [0.5, 0.6) is 0 Å². The number of nitrogens with zero attached hydrogens (tertiary/aromatic N) is 4. The summed E-state index contributed by atoms with van der Waals surface area (Å²) in [5.41, 5.74) is 1.71. The molecule has 0 atom stereocenters. The number of hydrogen-bond acceptors (Lipinski definition) is 6. The van der Waals surface area contributed by atoms with Crippen molar-refractivity contribution in [2.75, 3.05) is 4.72 Å². The summed E-state index contributed by atoms with van der Waals surface area (Å²) in [6.45, 7) is 0. The van der Waals surface area contributed by atoms with Gasteiger partial charge in [-0.3, -0.25) is 19.2 Å². The van der Waals surface area contributed by atoms with E-state index in [4.69, 9.17) is 0 Å². The second-order valence-corrected chi connectivity index (χ2v) is 7.57. The first-order valence-electron chi connectivity index (χ1n) is 8.10. The number of sulfonamides is 1. The highest BCUT2D eigenvalue weighted by molar-refractivity contribution is 7.92. The fourth-order valence-corrected chi connectivity index (χ4v) is 3.70. The molecule has 2 aromatic heterocycles. The van der Waals surface area contributed by atoms with Crippen LogP contribution in [0.25, 0.3) is 17.0 Å². The molecule has 9 nitrogen and oxygen atoms in total. The van der Waals surface area contributed by atoms with Crippen LogP contribution in [0.4, 0.5) is 11.4 Å². The number of fused-ring (bicyclic) bond motifs is 1. The molecule has 1 N–H and O–H groups in total. The van der Waals surface area contributed by atoms with Crippen LogP contribution in [0.3, 0.4) is 0 Å². The maximum atomic E-state index is 12.5. The van der Waals surface area contributed by atoms with Crippen molar-refractivity contribution in [3.63, 3.8) is 0 Å². The lowest BCUT2D eigenvalue weighted by Gasteiger charge is -2.08. The maximum Gasteiger partial charge on any atom is 0.269 e. The average Bonchev–Trinajstić information content (AvgIpc) is 3.12. The second kappa shape index (κ2) is 6.74. The van der Waals surface area contributed by atoms with E-state index in [1.54, 1.807) is 40.9 Å². The third-order valence-electron chi connectivity index (χ3n) is 4.03. The van der Waals surface area contributed by atoms with Crippen LogP contribution in [0.15, 0.2) is 78.1 Å². The topological polar surface area (TPSA) is 120 Å². The summed E-state index contributed by atoms with van der Waals surface area (Å²) in [6.07, 6.45) is 5.33. The molecule has 2 heterocycles. The third-order valence-corrected chi connectivity index (χ3v) is 5.42. The van der Waals surface area contributed by atoms with Gasteiger partial charge in [-0.2, -0.15) is 0 Å². The Labute approximate surface area is 159 Å². The van der Waals surface area contributed by atoms with Gasteiger partial charge < -0.3 is 0 Å². The van der Waals surface area contributed by atoms with E-state index < -0.39 is 14.9 Å². The molecule has 0 aliphatic carbocycles. The molecule has 10 heteroatoms. The van der Waals surface area contributed by atoms with Crippen LogP contribution in [-0.4, -0.2) is 27.7 Å². The van der Waals surface area contributed by atoms with Crippen LogP contribution in [0.1, 0.15) is 0 Å². The molecule has 0 aliphatic heterocycles. The summed E-state index contributed by atoms with van der Waals surface area (Å²) in [7, 11) is -3.86. The fourth-order valence-electron chi connectivity index (χ4n) is 2.64. The summed E-state index contributed by atoms with van der Waals surface area (Å²) in [5, 5.41) is 10.7. The average molecular weight is 395 g/mol. The number of nitro benzene ring substituents is 1. The molecule has 4 rings (SSSR count). The monoisotopic (exact) mass is 395 g/mol. The Bertz CT molecular complexity index is 1230. The van der Waals surface area contributed by atoms with Crippen LogP contribution in [-0.2, 0) is 10.0 Å². The molecular formula is C18H13N5O4S. The predicted octanol–water partition coefficient (Wildman–Crippen LogP) is 3.11. The van der Waals surface area contributed by atoms with Gasteiger partial charge in [0.2, 0.25) is 5.78 Å². The number of aromatic nitrogens is 3. The van der Waals surface area contributed by atoms with Gasteiger partial charge in [-0.15, -0.1) is 0 Å². The van der Waals surface area contributed by atoms with Crippen LogP contribution < -0.4 is 4.72 Å². The number of hydrogen-bond donors (Lipinski definition) is 1. The molecule has 0 amide bonds. The first-order chi connectivity index (χ1) is 13.4. The normalized spacial score (nSPS) is 11.4. The number of anilines is 1. The van der Waals surface area contributed by atoms with Crippen LogP contribution in [0, 0.1) is 10.1 Å². The summed E-state index contributed by atoms with van der Waals surface area (Å²) >= 11 is 0. The Morgan fingerprint density at radius 3 is 2.39 bits per heavy atom. The minimum absolute atomic E-state index is 0.0615.